The molecule has 0 saturated carbocycles. The fourth-order valence-electron chi connectivity index (χ4n) is 1.42. The van der Waals surface area contributed by atoms with Crippen molar-refractivity contribution in [2.45, 2.75) is 46.6 Å². The van der Waals surface area contributed by atoms with Gasteiger partial charge in [-0.1, -0.05) is 25.4 Å². The molecule has 1 aromatic heterocycles. The third-order valence-electron chi connectivity index (χ3n) is 2.51. The quantitative estimate of drug-likeness (QED) is 0.732. The Hall–Kier alpha value is -0.500. The summed E-state index contributed by atoms with van der Waals surface area (Å²) in [6, 6.07) is 0.395. The third kappa shape index (κ3) is 1.88. The molecule has 1 aromatic rings. The first-order valence-corrected chi connectivity index (χ1v) is 5.23. The average Bonchev–Trinajstić information content (AvgIpc) is 2.40. The lowest BCUT2D eigenvalue weighted by Gasteiger charge is -2.10. The van der Waals surface area contributed by atoms with E-state index >= 15 is 0 Å². The Balaban J connectivity index is 3.10. The molecule has 0 aromatic carbocycles. The molecule has 0 saturated heterocycles. The number of rotatable bonds is 3. The minimum Gasteiger partial charge on any atom is -0.251 e. The van der Waals surface area contributed by atoms with E-state index in [-0.39, 0.29) is 0 Å². The van der Waals surface area contributed by atoms with Crippen LogP contribution in [0.4, 0.5) is 0 Å². The summed E-state index contributed by atoms with van der Waals surface area (Å²) in [5, 5.41) is 5.25. The van der Waals surface area contributed by atoms with Crippen LogP contribution >= 0.6 is 11.6 Å². The van der Waals surface area contributed by atoms with Gasteiger partial charge in [0.25, 0.3) is 0 Å². The Bertz CT molecular complexity index is 291. The van der Waals surface area contributed by atoms with Crippen molar-refractivity contribution in [1.29, 1.82) is 0 Å². The molecule has 1 rings (SSSR count). The highest BCUT2D eigenvalue weighted by Crippen LogP contribution is 2.24. The zero-order valence-electron chi connectivity index (χ0n) is 8.76. The second-order valence-corrected chi connectivity index (χ2v) is 3.77. The summed E-state index contributed by atoms with van der Waals surface area (Å²) in [5.74, 6) is 0. The van der Waals surface area contributed by atoms with Crippen molar-refractivity contribution in [1.82, 2.24) is 9.78 Å². The molecule has 1 atom stereocenters. The summed E-state index contributed by atoms with van der Waals surface area (Å²) in [6.45, 7) is 8.40. The van der Waals surface area contributed by atoms with Gasteiger partial charge in [-0.25, -0.2) is 0 Å². The topological polar surface area (TPSA) is 17.8 Å². The lowest BCUT2D eigenvalue weighted by molar-refractivity contribution is 0.476. The standard InChI is InChI=1S/C10H17ClN2/c1-5-7(3)13-10(11)9(6-2)8(4)12-13/h7H,5-6H2,1-4H3. The maximum Gasteiger partial charge on any atom is 0.130 e. The Kier molecular flexibility index (Phi) is 3.37. The summed E-state index contributed by atoms with van der Waals surface area (Å²) < 4.78 is 1.93. The monoisotopic (exact) mass is 200 g/mol. The second kappa shape index (κ2) is 4.14. The van der Waals surface area contributed by atoms with Gasteiger partial charge in [-0.2, -0.15) is 5.10 Å². The average molecular weight is 201 g/mol. The normalized spacial score (nSPS) is 13.3. The zero-order chi connectivity index (χ0) is 10.0. The minimum atomic E-state index is 0.395. The van der Waals surface area contributed by atoms with Gasteiger partial charge in [0.05, 0.1) is 11.7 Å². The van der Waals surface area contributed by atoms with E-state index in [0.717, 1.165) is 23.7 Å². The highest BCUT2D eigenvalue weighted by Gasteiger charge is 2.14. The summed E-state index contributed by atoms with van der Waals surface area (Å²) in [6.07, 6.45) is 2.02. The van der Waals surface area contributed by atoms with Crippen molar-refractivity contribution in [3.05, 3.63) is 16.4 Å². The van der Waals surface area contributed by atoms with Gasteiger partial charge in [0.2, 0.25) is 0 Å². The van der Waals surface area contributed by atoms with Crippen molar-refractivity contribution in [2.75, 3.05) is 0 Å². The van der Waals surface area contributed by atoms with E-state index in [1.165, 1.54) is 5.56 Å². The van der Waals surface area contributed by atoms with Gasteiger partial charge in [0.1, 0.15) is 5.15 Å². The fourth-order valence-corrected chi connectivity index (χ4v) is 1.89. The number of halogens is 1. The molecule has 1 unspecified atom stereocenters. The van der Waals surface area contributed by atoms with Crippen LogP contribution in [0.1, 0.15) is 44.5 Å². The fraction of sp³-hybridized carbons (Fsp3) is 0.700. The summed E-state index contributed by atoms with van der Waals surface area (Å²) in [5.41, 5.74) is 2.25. The molecule has 0 amide bonds. The minimum absolute atomic E-state index is 0.395. The second-order valence-electron chi connectivity index (χ2n) is 3.41. The van der Waals surface area contributed by atoms with Crippen LogP contribution in [-0.2, 0) is 6.42 Å². The number of nitrogens with zero attached hydrogens (tertiary/aromatic N) is 2. The zero-order valence-corrected chi connectivity index (χ0v) is 9.52. The highest BCUT2D eigenvalue weighted by atomic mass is 35.5. The Morgan fingerprint density at radius 1 is 1.46 bits per heavy atom. The van der Waals surface area contributed by atoms with Crippen molar-refractivity contribution >= 4 is 11.6 Å². The summed E-state index contributed by atoms with van der Waals surface area (Å²) >= 11 is 6.20. The number of hydrogen-bond donors (Lipinski definition) is 0. The van der Waals surface area contributed by atoms with E-state index < -0.39 is 0 Å². The Morgan fingerprint density at radius 2 is 2.08 bits per heavy atom. The van der Waals surface area contributed by atoms with Gasteiger partial charge in [0.15, 0.2) is 0 Å². The molecule has 0 aliphatic rings. The van der Waals surface area contributed by atoms with E-state index in [4.69, 9.17) is 11.6 Å². The largest absolute Gasteiger partial charge is 0.251 e. The maximum atomic E-state index is 6.20. The lowest BCUT2D eigenvalue weighted by Crippen LogP contribution is -2.05. The summed E-state index contributed by atoms with van der Waals surface area (Å²) in [7, 11) is 0. The van der Waals surface area contributed by atoms with Gasteiger partial charge < -0.3 is 0 Å². The smallest absolute Gasteiger partial charge is 0.130 e. The van der Waals surface area contributed by atoms with Crippen molar-refractivity contribution in [2.24, 2.45) is 0 Å². The molecule has 2 nitrogen and oxygen atoms in total. The van der Waals surface area contributed by atoms with Crippen LogP contribution in [0.2, 0.25) is 5.15 Å². The van der Waals surface area contributed by atoms with Crippen LogP contribution in [0.5, 0.6) is 0 Å². The SMILES string of the molecule is CCc1c(C)nn(C(C)CC)c1Cl. The van der Waals surface area contributed by atoms with Crippen molar-refractivity contribution in [3.8, 4) is 0 Å². The lowest BCUT2D eigenvalue weighted by atomic mass is 10.2. The van der Waals surface area contributed by atoms with Crippen LogP contribution in [-0.4, -0.2) is 9.78 Å². The Labute approximate surface area is 84.9 Å². The van der Waals surface area contributed by atoms with Crippen LogP contribution in [0.3, 0.4) is 0 Å². The first-order chi connectivity index (χ1) is 6.11. The van der Waals surface area contributed by atoms with Crippen molar-refractivity contribution < 1.29 is 0 Å². The highest BCUT2D eigenvalue weighted by molar-refractivity contribution is 6.30. The first kappa shape index (κ1) is 10.6. The van der Waals surface area contributed by atoms with E-state index in [2.05, 4.69) is 25.9 Å². The third-order valence-corrected chi connectivity index (χ3v) is 2.91. The molecule has 0 radical (unpaired) electrons. The van der Waals surface area contributed by atoms with Gasteiger partial charge in [-0.05, 0) is 26.7 Å². The summed E-state index contributed by atoms with van der Waals surface area (Å²) in [4.78, 5) is 0. The molecule has 1 heterocycles. The predicted octanol–water partition coefficient (Wildman–Crippen LogP) is 3.38. The molecule has 3 heteroatoms. The molecule has 0 spiro atoms. The molecule has 74 valence electrons. The van der Waals surface area contributed by atoms with Crippen molar-refractivity contribution in [3.63, 3.8) is 0 Å². The molecular formula is C10H17ClN2. The predicted molar refractivity (Wildman–Crippen MR) is 56.4 cm³/mol. The molecule has 13 heavy (non-hydrogen) atoms. The van der Waals surface area contributed by atoms with E-state index in [9.17, 15) is 0 Å². The van der Waals surface area contributed by atoms with E-state index in [0.29, 0.717) is 6.04 Å². The van der Waals surface area contributed by atoms with Crippen LogP contribution in [0.15, 0.2) is 0 Å². The maximum absolute atomic E-state index is 6.20. The van der Waals surface area contributed by atoms with Gasteiger partial charge in [-0.3, -0.25) is 4.68 Å². The molecule has 0 fully saturated rings. The van der Waals surface area contributed by atoms with Crippen LogP contribution in [0, 0.1) is 6.92 Å². The van der Waals surface area contributed by atoms with E-state index in [1.807, 2.05) is 11.6 Å². The van der Waals surface area contributed by atoms with Gasteiger partial charge >= 0.3 is 0 Å². The molecule has 0 bridgehead atoms. The molecule has 0 aliphatic carbocycles. The Morgan fingerprint density at radius 3 is 2.46 bits per heavy atom. The number of aryl methyl sites for hydroxylation is 1. The molecule has 0 N–H and O–H groups in total. The van der Waals surface area contributed by atoms with Crippen LogP contribution < -0.4 is 0 Å². The van der Waals surface area contributed by atoms with Gasteiger partial charge in [0, 0.05) is 5.56 Å². The molecule has 0 aliphatic heterocycles. The van der Waals surface area contributed by atoms with E-state index in [1.54, 1.807) is 0 Å². The van der Waals surface area contributed by atoms with Gasteiger partial charge in [-0.15, -0.1) is 0 Å². The molecular weight excluding hydrogens is 184 g/mol. The number of hydrogen-bond acceptors (Lipinski definition) is 1. The first-order valence-electron chi connectivity index (χ1n) is 4.85. The number of aromatic nitrogens is 2. The van der Waals surface area contributed by atoms with Crippen LogP contribution in [0.25, 0.3) is 0 Å².